The van der Waals surface area contributed by atoms with Gasteiger partial charge in [-0.3, -0.25) is 14.4 Å². The largest absolute Gasteiger partial charge is 0.462 e. The van der Waals surface area contributed by atoms with E-state index >= 15 is 0 Å². The fourth-order valence-corrected chi connectivity index (χ4v) is 8.12. The molecule has 1 unspecified atom stereocenters. The molecule has 0 rings (SSSR count). The first kappa shape index (κ1) is 70.5. The Kier molecular flexibility index (Phi) is 58.4. The van der Waals surface area contributed by atoms with Crippen LogP contribution >= 0.6 is 0 Å². The van der Waals surface area contributed by atoms with Crippen LogP contribution in [0.5, 0.6) is 0 Å². The van der Waals surface area contributed by atoms with Crippen molar-refractivity contribution in [1.29, 1.82) is 0 Å². The maximum absolute atomic E-state index is 12.8. The number of unbranched alkanes of at least 4 members (excludes halogenated alkanes) is 21. The fraction of sp³-hybridized carbons (Fsp3) is 0.638. The normalized spacial score (nSPS) is 13.1. The van der Waals surface area contributed by atoms with Crippen LogP contribution in [0.15, 0.2) is 134 Å². The van der Waals surface area contributed by atoms with E-state index in [1.165, 1.54) is 64.2 Å². The Labute approximate surface area is 462 Å². The van der Waals surface area contributed by atoms with Crippen LogP contribution in [0, 0.1) is 0 Å². The summed E-state index contributed by atoms with van der Waals surface area (Å²) in [7, 11) is 0. The lowest BCUT2D eigenvalue weighted by Crippen LogP contribution is -2.30. The molecule has 0 saturated heterocycles. The zero-order chi connectivity index (χ0) is 54.3. The molecule has 75 heavy (non-hydrogen) atoms. The van der Waals surface area contributed by atoms with Gasteiger partial charge in [0.1, 0.15) is 13.2 Å². The van der Waals surface area contributed by atoms with Crippen LogP contribution < -0.4 is 0 Å². The van der Waals surface area contributed by atoms with Crippen molar-refractivity contribution in [2.24, 2.45) is 0 Å². The van der Waals surface area contributed by atoms with Gasteiger partial charge in [0, 0.05) is 19.3 Å². The second-order valence-electron chi connectivity index (χ2n) is 19.9. The predicted octanol–water partition coefficient (Wildman–Crippen LogP) is 21.0. The molecule has 0 aliphatic heterocycles. The average molecular weight is 1040 g/mol. The van der Waals surface area contributed by atoms with Gasteiger partial charge in [0.2, 0.25) is 0 Å². The first-order valence-electron chi connectivity index (χ1n) is 30.7. The lowest BCUT2D eigenvalue weighted by Gasteiger charge is -2.18. The first-order valence-corrected chi connectivity index (χ1v) is 30.7. The van der Waals surface area contributed by atoms with Gasteiger partial charge >= 0.3 is 17.9 Å². The summed E-state index contributed by atoms with van der Waals surface area (Å²) in [5, 5.41) is 0. The molecule has 0 amide bonds. The SMILES string of the molecule is CC/C=C\C/C=C\C/C=C\C/C=C\C/C=C\C/C=C\C/C=C\C/C=C\CCCCCCCCC(=O)OCC(COC(=O)CCCCCCCCCCCCC)OC(=O)CCCCCCC/C=C\C/C=C\C/C=C\CC. The van der Waals surface area contributed by atoms with Gasteiger partial charge in [-0.1, -0.05) is 264 Å². The third kappa shape index (κ3) is 60.3. The van der Waals surface area contributed by atoms with Gasteiger partial charge in [-0.15, -0.1) is 0 Å². The van der Waals surface area contributed by atoms with Gasteiger partial charge in [0.05, 0.1) is 0 Å². The minimum absolute atomic E-state index is 0.0912. The van der Waals surface area contributed by atoms with E-state index in [0.29, 0.717) is 19.3 Å². The molecule has 0 radical (unpaired) electrons. The molecule has 0 bridgehead atoms. The summed E-state index contributed by atoms with van der Waals surface area (Å²) in [4.78, 5) is 38.2. The van der Waals surface area contributed by atoms with E-state index in [1.54, 1.807) is 0 Å². The number of hydrogen-bond donors (Lipinski definition) is 0. The molecule has 0 aromatic rings. The quantitative estimate of drug-likeness (QED) is 0.0261. The maximum atomic E-state index is 12.8. The van der Waals surface area contributed by atoms with Crippen LogP contribution in [0.4, 0.5) is 0 Å². The number of ether oxygens (including phenoxy) is 3. The van der Waals surface area contributed by atoms with E-state index in [9.17, 15) is 14.4 Å². The average Bonchev–Trinajstić information content (AvgIpc) is 3.41. The van der Waals surface area contributed by atoms with E-state index in [2.05, 4.69) is 154 Å². The number of esters is 3. The molecule has 6 heteroatoms. The van der Waals surface area contributed by atoms with Crippen molar-refractivity contribution in [3.05, 3.63) is 134 Å². The van der Waals surface area contributed by atoms with Crippen molar-refractivity contribution in [3.63, 3.8) is 0 Å². The molecule has 424 valence electrons. The fourth-order valence-electron chi connectivity index (χ4n) is 8.12. The second-order valence-corrected chi connectivity index (χ2v) is 19.9. The Morgan fingerprint density at radius 3 is 0.813 bits per heavy atom. The van der Waals surface area contributed by atoms with Crippen LogP contribution in [0.25, 0.3) is 0 Å². The standard InChI is InChI=1S/C69H112O6/c1-4-7-10-13-16-19-22-24-26-27-28-29-30-31-32-33-34-35-36-37-38-39-40-41-43-44-47-50-53-56-59-62-68(71)74-65-66(64-73-67(70)61-58-55-52-49-46-21-18-15-12-9-6-3)75-69(72)63-60-57-54-51-48-45-42-25-23-20-17-14-11-8-5-2/h7-8,10-11,16-17,19-20,24-26,28-29,31-32,34-35,37-38,40-42,66H,4-6,9,12-15,18,21-23,27,30,33,36,39,43-65H2,1-3H3/b10-7-,11-8-,19-16-,20-17-,26-24-,29-28-,32-31-,35-34-,38-37-,41-40-,42-25-. The van der Waals surface area contributed by atoms with E-state index in [0.717, 1.165) is 161 Å². The van der Waals surface area contributed by atoms with Crippen LogP contribution in [-0.4, -0.2) is 37.2 Å². The van der Waals surface area contributed by atoms with E-state index in [1.807, 2.05) is 0 Å². The zero-order valence-electron chi connectivity index (χ0n) is 48.5. The number of rotatable bonds is 54. The number of allylic oxidation sites excluding steroid dienone is 22. The van der Waals surface area contributed by atoms with Crippen LogP contribution in [0.1, 0.15) is 265 Å². The van der Waals surface area contributed by atoms with Crippen molar-refractivity contribution in [3.8, 4) is 0 Å². The van der Waals surface area contributed by atoms with Crippen molar-refractivity contribution in [1.82, 2.24) is 0 Å². The molecule has 0 aromatic carbocycles. The van der Waals surface area contributed by atoms with Crippen LogP contribution in [0.2, 0.25) is 0 Å². The molecule has 0 heterocycles. The van der Waals surface area contributed by atoms with Gasteiger partial charge in [0.25, 0.3) is 0 Å². The first-order chi connectivity index (χ1) is 37.0. The van der Waals surface area contributed by atoms with E-state index in [-0.39, 0.29) is 31.1 Å². The van der Waals surface area contributed by atoms with Crippen LogP contribution in [-0.2, 0) is 28.6 Å². The summed E-state index contributed by atoms with van der Waals surface area (Å²) in [5.41, 5.74) is 0. The number of carbonyl (C=O) groups excluding carboxylic acids is 3. The van der Waals surface area contributed by atoms with E-state index < -0.39 is 6.10 Å². The van der Waals surface area contributed by atoms with E-state index in [4.69, 9.17) is 14.2 Å². The topological polar surface area (TPSA) is 78.9 Å². The van der Waals surface area contributed by atoms with Gasteiger partial charge in [-0.25, -0.2) is 0 Å². The molecule has 0 aromatic heterocycles. The molecule has 0 aliphatic rings. The Morgan fingerprint density at radius 1 is 0.280 bits per heavy atom. The van der Waals surface area contributed by atoms with Gasteiger partial charge < -0.3 is 14.2 Å². The van der Waals surface area contributed by atoms with Gasteiger partial charge in [0.15, 0.2) is 6.10 Å². The Balaban J connectivity index is 4.30. The molecule has 0 aliphatic carbocycles. The Morgan fingerprint density at radius 2 is 0.520 bits per heavy atom. The second kappa shape index (κ2) is 62.1. The maximum Gasteiger partial charge on any atom is 0.306 e. The molecular formula is C69H112O6. The summed E-state index contributed by atoms with van der Waals surface area (Å²) in [5.74, 6) is -0.925. The smallest absolute Gasteiger partial charge is 0.306 e. The Bertz CT molecular complexity index is 1620. The van der Waals surface area contributed by atoms with Crippen molar-refractivity contribution < 1.29 is 28.6 Å². The highest BCUT2D eigenvalue weighted by Gasteiger charge is 2.19. The molecule has 1 atom stereocenters. The predicted molar refractivity (Wildman–Crippen MR) is 325 cm³/mol. The highest BCUT2D eigenvalue weighted by molar-refractivity contribution is 5.71. The molecule has 0 saturated carbocycles. The molecule has 6 nitrogen and oxygen atoms in total. The number of carbonyl (C=O) groups is 3. The summed E-state index contributed by atoms with van der Waals surface area (Å²) < 4.78 is 16.8. The summed E-state index contributed by atoms with van der Waals surface area (Å²) in [6.07, 6.45) is 87.4. The Hall–Kier alpha value is -4.45. The lowest BCUT2D eigenvalue weighted by molar-refractivity contribution is -0.167. The summed E-state index contributed by atoms with van der Waals surface area (Å²) in [6, 6.07) is 0. The van der Waals surface area contributed by atoms with Gasteiger partial charge in [-0.2, -0.15) is 0 Å². The van der Waals surface area contributed by atoms with Crippen molar-refractivity contribution >= 4 is 17.9 Å². The summed E-state index contributed by atoms with van der Waals surface area (Å²) >= 11 is 0. The van der Waals surface area contributed by atoms with Crippen LogP contribution in [0.3, 0.4) is 0 Å². The lowest BCUT2D eigenvalue weighted by atomic mass is 10.1. The highest BCUT2D eigenvalue weighted by atomic mass is 16.6. The van der Waals surface area contributed by atoms with Crippen molar-refractivity contribution in [2.75, 3.05) is 13.2 Å². The molecule has 0 spiro atoms. The molecule has 0 fully saturated rings. The highest BCUT2D eigenvalue weighted by Crippen LogP contribution is 2.15. The summed E-state index contributed by atoms with van der Waals surface area (Å²) in [6.45, 7) is 6.38. The minimum Gasteiger partial charge on any atom is -0.462 e. The third-order valence-corrected chi connectivity index (χ3v) is 12.7. The van der Waals surface area contributed by atoms with Gasteiger partial charge in [-0.05, 0) is 116 Å². The monoisotopic (exact) mass is 1040 g/mol. The van der Waals surface area contributed by atoms with Crippen molar-refractivity contribution in [2.45, 2.75) is 271 Å². The minimum atomic E-state index is -0.796. The third-order valence-electron chi connectivity index (χ3n) is 12.7. The number of hydrogen-bond acceptors (Lipinski definition) is 6. The molecule has 0 N–H and O–H groups in total. The zero-order valence-corrected chi connectivity index (χ0v) is 48.5. The molecular weight excluding hydrogens is 925 g/mol.